The molecule has 0 amide bonds. The number of hydrogen-bond acceptors (Lipinski definition) is 4. The summed E-state index contributed by atoms with van der Waals surface area (Å²) >= 11 is 1.77. The number of aliphatic hydroxyl groups excluding tert-OH is 1. The third-order valence-corrected chi connectivity index (χ3v) is 5.82. The fourth-order valence-electron chi connectivity index (χ4n) is 3.40. The average molecular weight is 390 g/mol. The molecule has 0 radical (unpaired) electrons. The van der Waals surface area contributed by atoms with Crippen molar-refractivity contribution in [1.29, 1.82) is 0 Å². The van der Waals surface area contributed by atoms with Crippen molar-refractivity contribution in [2.24, 2.45) is 0 Å². The minimum absolute atomic E-state index is 0.238. The Hall–Kier alpha value is -2.69. The molecular weight excluding hydrogens is 366 g/mol. The maximum absolute atomic E-state index is 10.7. The van der Waals surface area contributed by atoms with E-state index in [9.17, 15) is 5.11 Å². The Kier molecular flexibility index (Phi) is 5.70. The molecule has 0 aromatic heterocycles. The number of benzene rings is 3. The zero-order valence-corrected chi connectivity index (χ0v) is 16.4. The molecule has 1 aliphatic rings. The van der Waals surface area contributed by atoms with Crippen LogP contribution in [0.4, 0.5) is 11.4 Å². The molecule has 0 fully saturated rings. The first-order valence-electron chi connectivity index (χ1n) is 9.39. The van der Waals surface area contributed by atoms with Gasteiger partial charge in [-0.25, -0.2) is 0 Å². The Labute approximate surface area is 170 Å². The van der Waals surface area contributed by atoms with E-state index in [2.05, 4.69) is 35.7 Å². The summed E-state index contributed by atoms with van der Waals surface area (Å²) in [6.07, 6.45) is 1.98. The molecule has 0 bridgehead atoms. The van der Waals surface area contributed by atoms with Crippen molar-refractivity contribution in [3.8, 4) is 5.75 Å². The highest BCUT2D eigenvalue weighted by Crippen LogP contribution is 2.47. The zero-order chi connectivity index (χ0) is 19.3. The highest BCUT2D eigenvalue weighted by molar-refractivity contribution is 7.99. The molecule has 0 spiro atoms. The van der Waals surface area contributed by atoms with Crippen LogP contribution in [0.15, 0.2) is 95.2 Å². The van der Waals surface area contributed by atoms with Crippen LogP contribution in [0.2, 0.25) is 0 Å². The summed E-state index contributed by atoms with van der Waals surface area (Å²) in [5, 5.41) is 10.7. The van der Waals surface area contributed by atoms with Crippen LogP contribution in [0.25, 0.3) is 0 Å². The van der Waals surface area contributed by atoms with Crippen LogP contribution in [-0.4, -0.2) is 24.4 Å². The first-order valence-corrected chi connectivity index (χ1v) is 10.2. The van der Waals surface area contributed by atoms with E-state index >= 15 is 0 Å². The third-order valence-electron chi connectivity index (χ3n) is 4.69. The molecule has 3 aromatic rings. The van der Waals surface area contributed by atoms with Gasteiger partial charge in [-0.2, -0.15) is 0 Å². The van der Waals surface area contributed by atoms with Crippen LogP contribution in [0.5, 0.6) is 5.75 Å². The standard InChI is InChI=1S/C24H23NO2S/c1-2-9-18-10-3-6-13-22(18)27-17-19(26)16-25-20-11-4-7-14-23(20)28-24-15-8-5-12-21(24)25/h2-8,10-15,19,26H,1,9,16-17H2. The first-order chi connectivity index (χ1) is 13.8. The number of allylic oxidation sites excluding steroid dienone is 1. The van der Waals surface area contributed by atoms with E-state index in [1.54, 1.807) is 11.8 Å². The largest absolute Gasteiger partial charge is 0.491 e. The van der Waals surface area contributed by atoms with E-state index in [-0.39, 0.29) is 6.61 Å². The molecule has 1 aliphatic heterocycles. The second kappa shape index (κ2) is 8.55. The smallest absolute Gasteiger partial charge is 0.122 e. The van der Waals surface area contributed by atoms with E-state index in [0.717, 1.165) is 29.1 Å². The SMILES string of the molecule is C=CCc1ccccc1OCC(O)CN1c2ccccc2Sc2ccccc21. The van der Waals surface area contributed by atoms with Crippen LogP contribution >= 0.6 is 11.8 Å². The molecule has 1 N–H and O–H groups in total. The third kappa shape index (κ3) is 3.93. The number of aliphatic hydroxyl groups is 1. The van der Waals surface area contributed by atoms with Gasteiger partial charge in [0.15, 0.2) is 0 Å². The van der Waals surface area contributed by atoms with E-state index in [1.807, 2.05) is 54.6 Å². The molecule has 3 aromatic carbocycles. The summed E-state index contributed by atoms with van der Waals surface area (Å²) in [6, 6.07) is 24.5. The summed E-state index contributed by atoms with van der Waals surface area (Å²) in [6.45, 7) is 4.51. The number of nitrogens with zero attached hydrogens (tertiary/aromatic N) is 1. The molecule has 0 aliphatic carbocycles. The predicted octanol–water partition coefficient (Wildman–Crippen LogP) is 5.46. The number of rotatable bonds is 7. The number of β-amino-alcohol motifs (C(OH)–C–C–N with tert-alkyl or cyclic N) is 1. The van der Waals surface area contributed by atoms with Crippen molar-refractivity contribution >= 4 is 23.1 Å². The van der Waals surface area contributed by atoms with Crippen molar-refractivity contribution in [1.82, 2.24) is 0 Å². The lowest BCUT2D eigenvalue weighted by molar-refractivity contribution is 0.113. The Morgan fingerprint density at radius 3 is 2.21 bits per heavy atom. The molecule has 1 atom stereocenters. The van der Waals surface area contributed by atoms with Crippen LogP contribution in [-0.2, 0) is 6.42 Å². The van der Waals surface area contributed by atoms with Crippen molar-refractivity contribution in [2.75, 3.05) is 18.1 Å². The molecule has 0 saturated heterocycles. The van der Waals surface area contributed by atoms with Gasteiger partial charge in [-0.05, 0) is 42.3 Å². The summed E-state index contributed by atoms with van der Waals surface area (Å²) in [7, 11) is 0. The molecule has 142 valence electrons. The molecule has 0 saturated carbocycles. The second-order valence-electron chi connectivity index (χ2n) is 6.71. The van der Waals surface area contributed by atoms with Gasteiger partial charge >= 0.3 is 0 Å². The Morgan fingerprint density at radius 1 is 0.929 bits per heavy atom. The van der Waals surface area contributed by atoms with Gasteiger partial charge in [0.1, 0.15) is 18.5 Å². The van der Waals surface area contributed by atoms with Crippen LogP contribution in [0.3, 0.4) is 0 Å². The molecule has 4 rings (SSSR count). The van der Waals surface area contributed by atoms with E-state index in [0.29, 0.717) is 6.54 Å². The number of anilines is 2. The van der Waals surface area contributed by atoms with Crippen molar-refractivity contribution in [3.63, 3.8) is 0 Å². The van der Waals surface area contributed by atoms with Gasteiger partial charge in [0.25, 0.3) is 0 Å². The Morgan fingerprint density at radius 2 is 1.54 bits per heavy atom. The maximum Gasteiger partial charge on any atom is 0.122 e. The first kappa shape index (κ1) is 18.7. The lowest BCUT2D eigenvalue weighted by Gasteiger charge is -2.34. The van der Waals surface area contributed by atoms with Gasteiger partial charge in [-0.3, -0.25) is 0 Å². The maximum atomic E-state index is 10.7. The lowest BCUT2D eigenvalue weighted by atomic mass is 10.1. The van der Waals surface area contributed by atoms with Gasteiger partial charge in [0.05, 0.1) is 17.9 Å². The van der Waals surface area contributed by atoms with Crippen LogP contribution in [0, 0.1) is 0 Å². The minimum Gasteiger partial charge on any atom is -0.491 e. The molecule has 3 nitrogen and oxygen atoms in total. The number of para-hydroxylation sites is 3. The van der Waals surface area contributed by atoms with Crippen molar-refractivity contribution < 1.29 is 9.84 Å². The van der Waals surface area contributed by atoms with Crippen LogP contribution < -0.4 is 9.64 Å². The lowest BCUT2D eigenvalue weighted by Crippen LogP contribution is -2.34. The van der Waals surface area contributed by atoms with Gasteiger partial charge in [0, 0.05) is 9.79 Å². The topological polar surface area (TPSA) is 32.7 Å². The number of fused-ring (bicyclic) bond motifs is 2. The molecule has 4 heteroatoms. The molecule has 1 unspecified atom stereocenters. The van der Waals surface area contributed by atoms with E-state index < -0.39 is 6.10 Å². The highest BCUT2D eigenvalue weighted by atomic mass is 32.2. The van der Waals surface area contributed by atoms with Gasteiger partial charge in [-0.15, -0.1) is 6.58 Å². The highest BCUT2D eigenvalue weighted by Gasteiger charge is 2.24. The summed E-state index contributed by atoms with van der Waals surface area (Å²) in [5.41, 5.74) is 3.32. The summed E-state index contributed by atoms with van der Waals surface area (Å²) < 4.78 is 5.94. The van der Waals surface area contributed by atoms with Gasteiger partial charge < -0.3 is 14.7 Å². The Balaban J connectivity index is 1.51. The summed E-state index contributed by atoms with van der Waals surface area (Å²) in [4.78, 5) is 4.58. The Bertz CT molecular complexity index is 927. The monoisotopic (exact) mass is 389 g/mol. The average Bonchev–Trinajstić information content (AvgIpc) is 2.73. The number of ether oxygens (including phenoxy) is 1. The van der Waals surface area contributed by atoms with Crippen molar-refractivity contribution in [3.05, 3.63) is 91.0 Å². The van der Waals surface area contributed by atoms with E-state index in [4.69, 9.17) is 4.74 Å². The molecular formula is C24H23NO2S. The van der Waals surface area contributed by atoms with Gasteiger partial charge in [0.2, 0.25) is 0 Å². The second-order valence-corrected chi connectivity index (χ2v) is 7.80. The van der Waals surface area contributed by atoms with Gasteiger partial charge in [-0.1, -0.05) is 60.3 Å². The fraction of sp³-hybridized carbons (Fsp3) is 0.167. The van der Waals surface area contributed by atoms with Crippen LogP contribution in [0.1, 0.15) is 5.56 Å². The predicted molar refractivity (Wildman–Crippen MR) is 116 cm³/mol. The quantitative estimate of drug-likeness (QED) is 0.544. The molecule has 1 heterocycles. The zero-order valence-electron chi connectivity index (χ0n) is 15.6. The van der Waals surface area contributed by atoms with Crippen molar-refractivity contribution in [2.45, 2.75) is 22.3 Å². The summed E-state index contributed by atoms with van der Waals surface area (Å²) in [5.74, 6) is 0.802. The fourth-order valence-corrected chi connectivity index (χ4v) is 4.49. The molecule has 28 heavy (non-hydrogen) atoms. The number of hydrogen-bond donors (Lipinski definition) is 1. The van der Waals surface area contributed by atoms with E-state index in [1.165, 1.54) is 9.79 Å². The normalized spacial score (nSPS) is 13.4. The minimum atomic E-state index is -0.624.